The van der Waals surface area contributed by atoms with E-state index in [0.717, 1.165) is 25.3 Å². The Hall–Kier alpha value is -3.02. The van der Waals surface area contributed by atoms with Crippen molar-refractivity contribution < 1.29 is 48.0 Å². The lowest BCUT2D eigenvalue weighted by Gasteiger charge is -2.21. The lowest BCUT2D eigenvalue weighted by Crippen LogP contribution is -2.09. The van der Waals surface area contributed by atoms with Gasteiger partial charge >= 0.3 is 5.97 Å². The van der Waals surface area contributed by atoms with Gasteiger partial charge in [-0.15, -0.1) is 0 Å². The van der Waals surface area contributed by atoms with Gasteiger partial charge in [0, 0.05) is 24.3 Å². The van der Waals surface area contributed by atoms with Crippen LogP contribution >= 0.6 is 0 Å². The average molecular weight is 386 g/mol. The molecule has 0 fully saturated rings. The molecule has 11 heteroatoms. The number of rotatable bonds is 5. The van der Waals surface area contributed by atoms with Crippen LogP contribution in [0.2, 0.25) is 0 Å². The van der Waals surface area contributed by atoms with Gasteiger partial charge in [0.15, 0.2) is 0 Å². The molecule has 10 nitrogen and oxygen atoms in total. The summed E-state index contributed by atoms with van der Waals surface area (Å²) >= 11 is 0. The fourth-order valence-electron chi connectivity index (χ4n) is 2.44. The number of aromatic hydroxyl groups is 4. The third-order valence-electron chi connectivity index (χ3n) is 3.52. The molecular weight excluding hydrogens is 372 g/mol. The highest BCUT2D eigenvalue weighted by Crippen LogP contribution is 2.43. The van der Waals surface area contributed by atoms with Gasteiger partial charge in [-0.2, -0.15) is 8.42 Å². The van der Waals surface area contributed by atoms with Crippen LogP contribution in [-0.4, -0.2) is 51.6 Å². The number of methoxy groups -OCH3 is 1. The minimum absolute atomic E-state index is 0.327. The van der Waals surface area contributed by atoms with Gasteiger partial charge < -0.3 is 30.3 Å². The first-order chi connectivity index (χ1) is 12.0. The Kier molecular flexibility index (Phi) is 4.98. The maximum atomic E-state index is 11.3. The van der Waals surface area contributed by atoms with Crippen LogP contribution in [0.5, 0.6) is 23.0 Å². The zero-order valence-corrected chi connectivity index (χ0v) is 13.9. The Balaban J connectivity index is 2.80. The second-order valence-corrected chi connectivity index (χ2v) is 6.60. The highest BCUT2D eigenvalue weighted by atomic mass is 32.2. The molecule has 0 saturated carbocycles. The van der Waals surface area contributed by atoms with Crippen LogP contribution in [0.1, 0.15) is 27.6 Å². The van der Waals surface area contributed by atoms with Crippen LogP contribution in [0, 0.1) is 0 Å². The Morgan fingerprint density at radius 1 is 0.962 bits per heavy atom. The zero-order chi connectivity index (χ0) is 19.8. The highest BCUT2D eigenvalue weighted by Gasteiger charge is 2.29. The molecule has 1 atom stereocenters. The molecule has 2 aromatic carbocycles. The van der Waals surface area contributed by atoms with Crippen molar-refractivity contribution in [2.75, 3.05) is 7.11 Å². The lowest BCUT2D eigenvalue weighted by molar-refractivity contribution is 0.0692. The summed E-state index contributed by atoms with van der Waals surface area (Å²) in [6.45, 7) is 0. The molecule has 2 aromatic rings. The molecule has 6 N–H and O–H groups in total. The molecule has 1 unspecified atom stereocenters. The van der Waals surface area contributed by atoms with Gasteiger partial charge in [0.05, 0.1) is 0 Å². The normalized spacial score (nSPS) is 12.7. The number of carboxylic acid groups (broad SMARTS) is 1. The number of hydrogen-bond donors (Lipinski definition) is 6. The second kappa shape index (κ2) is 6.71. The average Bonchev–Trinajstić information content (AvgIpc) is 2.52. The molecular formula is C15H14O10S. The van der Waals surface area contributed by atoms with Gasteiger partial charge in [0.2, 0.25) is 0 Å². The number of carboxylic acids is 1. The van der Waals surface area contributed by atoms with E-state index in [1.807, 2.05) is 0 Å². The molecule has 0 aliphatic heterocycles. The molecule has 0 radical (unpaired) electrons. The van der Waals surface area contributed by atoms with Gasteiger partial charge in [0.25, 0.3) is 10.1 Å². The van der Waals surface area contributed by atoms with E-state index in [1.54, 1.807) is 0 Å². The molecule has 26 heavy (non-hydrogen) atoms. The minimum Gasteiger partial charge on any atom is -0.508 e. The SMILES string of the molecule is COC(c1cc(O)cc(C(=O)O)c1O)c1cc(O)cc(S(=O)(=O)O)c1O. The third kappa shape index (κ3) is 3.49. The number of benzene rings is 2. The van der Waals surface area contributed by atoms with Crippen LogP contribution in [0.3, 0.4) is 0 Å². The van der Waals surface area contributed by atoms with E-state index in [0.29, 0.717) is 6.07 Å². The van der Waals surface area contributed by atoms with Gasteiger partial charge in [0.1, 0.15) is 39.6 Å². The Morgan fingerprint density at radius 2 is 1.46 bits per heavy atom. The van der Waals surface area contributed by atoms with E-state index in [-0.39, 0.29) is 5.56 Å². The first-order valence-electron chi connectivity index (χ1n) is 6.82. The highest BCUT2D eigenvalue weighted by molar-refractivity contribution is 7.86. The predicted molar refractivity (Wildman–Crippen MR) is 85.2 cm³/mol. The smallest absolute Gasteiger partial charge is 0.339 e. The molecule has 0 aliphatic carbocycles. The topological polar surface area (TPSA) is 182 Å². The summed E-state index contributed by atoms with van der Waals surface area (Å²) in [5.74, 6) is -4.57. The number of phenols is 4. The second-order valence-electron chi connectivity index (χ2n) is 5.21. The Bertz CT molecular complexity index is 980. The van der Waals surface area contributed by atoms with Crippen molar-refractivity contribution in [3.05, 3.63) is 41.0 Å². The number of phenolic OH excluding ortho intramolecular Hbond substituents is 3. The maximum absolute atomic E-state index is 11.3. The number of aromatic carboxylic acids is 1. The molecule has 0 saturated heterocycles. The molecule has 0 aromatic heterocycles. The first-order valence-corrected chi connectivity index (χ1v) is 8.26. The van der Waals surface area contributed by atoms with Crippen LogP contribution in [-0.2, 0) is 14.9 Å². The van der Waals surface area contributed by atoms with E-state index in [1.165, 1.54) is 0 Å². The van der Waals surface area contributed by atoms with Crippen molar-refractivity contribution in [1.82, 2.24) is 0 Å². The molecule has 2 rings (SSSR count). The number of hydrogen-bond acceptors (Lipinski definition) is 8. The molecule has 0 amide bonds. The molecule has 0 spiro atoms. The van der Waals surface area contributed by atoms with Crippen LogP contribution in [0.25, 0.3) is 0 Å². The van der Waals surface area contributed by atoms with Crippen LogP contribution < -0.4 is 0 Å². The summed E-state index contributed by atoms with van der Waals surface area (Å²) in [4.78, 5) is 10.1. The Morgan fingerprint density at radius 3 is 1.92 bits per heavy atom. The van der Waals surface area contributed by atoms with Crippen molar-refractivity contribution >= 4 is 16.1 Å². The van der Waals surface area contributed by atoms with E-state index in [4.69, 9.17) is 14.4 Å². The number of ether oxygens (including phenoxy) is 1. The van der Waals surface area contributed by atoms with Crippen molar-refractivity contribution in [2.24, 2.45) is 0 Å². The fraction of sp³-hybridized carbons (Fsp3) is 0.133. The van der Waals surface area contributed by atoms with E-state index in [9.17, 15) is 33.6 Å². The lowest BCUT2D eigenvalue weighted by atomic mass is 9.96. The summed E-state index contributed by atoms with van der Waals surface area (Å²) in [5.41, 5.74) is -1.40. The van der Waals surface area contributed by atoms with Crippen molar-refractivity contribution in [3.8, 4) is 23.0 Å². The predicted octanol–water partition coefficient (Wildman–Crippen LogP) is 1.19. The molecule has 0 aliphatic rings. The summed E-state index contributed by atoms with van der Waals surface area (Å²) in [6.07, 6.45) is -1.49. The van der Waals surface area contributed by atoms with Gasteiger partial charge in [-0.05, 0) is 18.2 Å². The quantitative estimate of drug-likeness (QED) is 0.322. The summed E-state index contributed by atoms with van der Waals surface area (Å²) in [5, 5.41) is 48.8. The monoisotopic (exact) mass is 386 g/mol. The van der Waals surface area contributed by atoms with E-state index >= 15 is 0 Å². The molecule has 0 heterocycles. The standard InChI is InChI=1S/C15H14O10S/c1-25-14(8-2-6(16)4-10(12(8)18)15(20)21)9-3-7(17)5-11(13(9)19)26(22,23)24/h2-5,14,16-19H,1H3,(H,20,21)(H,22,23,24). The van der Waals surface area contributed by atoms with Gasteiger partial charge in [-0.3, -0.25) is 4.55 Å². The molecule has 0 bridgehead atoms. The van der Waals surface area contributed by atoms with Gasteiger partial charge in [-0.25, -0.2) is 4.79 Å². The minimum atomic E-state index is -4.91. The number of carbonyl (C=O) groups is 1. The maximum Gasteiger partial charge on any atom is 0.339 e. The van der Waals surface area contributed by atoms with Crippen molar-refractivity contribution in [1.29, 1.82) is 0 Å². The first kappa shape index (κ1) is 19.3. The van der Waals surface area contributed by atoms with Crippen LogP contribution in [0.15, 0.2) is 29.2 Å². The molecule has 140 valence electrons. The Labute approximate surface area is 146 Å². The van der Waals surface area contributed by atoms with Crippen molar-refractivity contribution in [2.45, 2.75) is 11.0 Å². The summed E-state index contributed by atoms with van der Waals surface area (Å²) < 4.78 is 36.9. The van der Waals surface area contributed by atoms with Crippen molar-refractivity contribution in [3.63, 3.8) is 0 Å². The van der Waals surface area contributed by atoms with Gasteiger partial charge in [-0.1, -0.05) is 0 Å². The summed E-state index contributed by atoms with van der Waals surface area (Å²) in [6, 6.07) is 3.19. The summed E-state index contributed by atoms with van der Waals surface area (Å²) in [7, 11) is -3.83. The zero-order valence-electron chi connectivity index (χ0n) is 13.1. The largest absolute Gasteiger partial charge is 0.508 e. The van der Waals surface area contributed by atoms with Crippen LogP contribution in [0.4, 0.5) is 0 Å². The fourth-order valence-corrected chi connectivity index (χ4v) is 3.07. The van der Waals surface area contributed by atoms with E-state index < -0.39 is 61.2 Å². The van der Waals surface area contributed by atoms with E-state index in [2.05, 4.69) is 0 Å². The third-order valence-corrected chi connectivity index (χ3v) is 4.39.